The Kier molecular flexibility index (Phi) is 4.74. The molecule has 1 amide bonds. The molecule has 0 saturated heterocycles. The molecule has 0 bridgehead atoms. The van der Waals surface area contributed by atoms with E-state index in [1.807, 2.05) is 0 Å². The lowest BCUT2D eigenvalue weighted by molar-refractivity contribution is 0.103. The Morgan fingerprint density at radius 1 is 1.40 bits per heavy atom. The molecule has 2 aromatic rings. The van der Waals surface area contributed by atoms with Gasteiger partial charge >= 0.3 is 0 Å². The Balaban J connectivity index is 2.13. The van der Waals surface area contributed by atoms with Crippen LogP contribution in [0.1, 0.15) is 14.5 Å². The molecule has 20 heavy (non-hydrogen) atoms. The topological polar surface area (TPSA) is 55.1 Å². The first kappa shape index (κ1) is 14.5. The molecule has 1 aromatic heterocycles. The highest BCUT2D eigenvalue weighted by Crippen LogP contribution is 2.21. The summed E-state index contributed by atoms with van der Waals surface area (Å²) in [6.07, 6.45) is 0. The molecule has 0 atom stereocenters. The van der Waals surface area contributed by atoms with E-state index >= 15 is 0 Å². The minimum absolute atomic E-state index is 0.223. The Labute approximate surface area is 124 Å². The van der Waals surface area contributed by atoms with Gasteiger partial charge in [0.05, 0.1) is 16.3 Å². The van der Waals surface area contributed by atoms with E-state index in [-0.39, 0.29) is 17.5 Å². The standard InChI is InChI=1S/C14H10ClFN2OS/c15-9-6-10(16)8-11(7-9)18-14(19)13-4-3-12(20-13)2-1-5-17/h3-4,6-8H,5,17H2,(H,18,19). The van der Waals surface area contributed by atoms with Gasteiger partial charge in [-0.05, 0) is 30.3 Å². The van der Waals surface area contributed by atoms with Crippen LogP contribution in [0.15, 0.2) is 30.3 Å². The van der Waals surface area contributed by atoms with Crippen molar-refractivity contribution in [1.29, 1.82) is 0 Å². The summed E-state index contributed by atoms with van der Waals surface area (Å²) in [6.45, 7) is 0.265. The molecule has 102 valence electrons. The second kappa shape index (κ2) is 6.53. The fourth-order valence-corrected chi connectivity index (χ4v) is 2.48. The van der Waals surface area contributed by atoms with Crippen LogP contribution in [0.5, 0.6) is 0 Å². The summed E-state index contributed by atoms with van der Waals surface area (Å²) in [5.74, 6) is 4.71. The number of amides is 1. The van der Waals surface area contributed by atoms with E-state index in [0.29, 0.717) is 10.6 Å². The molecule has 0 radical (unpaired) electrons. The van der Waals surface area contributed by atoms with Crippen molar-refractivity contribution in [1.82, 2.24) is 0 Å². The van der Waals surface area contributed by atoms with Crippen LogP contribution in [0.4, 0.5) is 10.1 Å². The summed E-state index contributed by atoms with van der Waals surface area (Å²) in [5, 5.41) is 2.81. The third kappa shape index (κ3) is 3.81. The summed E-state index contributed by atoms with van der Waals surface area (Å²) >= 11 is 6.96. The average molecular weight is 309 g/mol. The number of rotatable bonds is 2. The Bertz CT molecular complexity index is 682. The quantitative estimate of drug-likeness (QED) is 0.838. The average Bonchev–Trinajstić information content (AvgIpc) is 2.83. The van der Waals surface area contributed by atoms with Crippen LogP contribution in [0.3, 0.4) is 0 Å². The lowest BCUT2D eigenvalue weighted by Crippen LogP contribution is -2.10. The summed E-state index contributed by atoms with van der Waals surface area (Å²) < 4.78 is 13.2. The predicted molar refractivity (Wildman–Crippen MR) is 79.6 cm³/mol. The van der Waals surface area contributed by atoms with E-state index in [1.54, 1.807) is 12.1 Å². The first-order valence-electron chi connectivity index (χ1n) is 5.64. The lowest BCUT2D eigenvalue weighted by atomic mass is 10.3. The first-order valence-corrected chi connectivity index (χ1v) is 6.84. The van der Waals surface area contributed by atoms with Crippen LogP contribution in [0, 0.1) is 17.7 Å². The lowest BCUT2D eigenvalue weighted by Gasteiger charge is -2.04. The van der Waals surface area contributed by atoms with Crippen molar-refractivity contribution in [3.63, 3.8) is 0 Å². The second-order valence-corrected chi connectivity index (χ2v) is 5.30. The molecule has 3 nitrogen and oxygen atoms in total. The molecule has 0 aliphatic heterocycles. The van der Waals surface area contributed by atoms with E-state index in [0.717, 1.165) is 4.88 Å². The molecule has 6 heteroatoms. The Hall–Kier alpha value is -1.87. The van der Waals surface area contributed by atoms with Crippen molar-refractivity contribution in [3.8, 4) is 11.8 Å². The highest BCUT2D eigenvalue weighted by molar-refractivity contribution is 7.14. The van der Waals surface area contributed by atoms with Crippen molar-refractivity contribution >= 4 is 34.5 Å². The SMILES string of the molecule is NCC#Cc1ccc(C(=O)Nc2cc(F)cc(Cl)c2)s1. The third-order valence-electron chi connectivity index (χ3n) is 2.26. The van der Waals surface area contributed by atoms with Crippen LogP contribution >= 0.6 is 22.9 Å². The van der Waals surface area contributed by atoms with E-state index in [9.17, 15) is 9.18 Å². The molecule has 3 N–H and O–H groups in total. The summed E-state index contributed by atoms with van der Waals surface area (Å²) in [6, 6.07) is 7.24. The van der Waals surface area contributed by atoms with Crippen LogP contribution in [-0.2, 0) is 0 Å². The van der Waals surface area contributed by atoms with Crippen molar-refractivity contribution in [2.75, 3.05) is 11.9 Å². The van der Waals surface area contributed by atoms with Gasteiger partial charge in [-0.25, -0.2) is 4.39 Å². The van der Waals surface area contributed by atoms with Gasteiger partial charge in [-0.2, -0.15) is 0 Å². The minimum Gasteiger partial charge on any atom is -0.321 e. The van der Waals surface area contributed by atoms with Gasteiger partial charge in [-0.1, -0.05) is 23.4 Å². The maximum absolute atomic E-state index is 13.2. The number of carbonyl (C=O) groups is 1. The van der Waals surface area contributed by atoms with E-state index < -0.39 is 5.82 Å². The summed E-state index contributed by atoms with van der Waals surface area (Å²) in [5.41, 5.74) is 5.59. The van der Waals surface area contributed by atoms with E-state index in [4.69, 9.17) is 17.3 Å². The predicted octanol–water partition coefficient (Wildman–Crippen LogP) is 3.10. The summed E-state index contributed by atoms with van der Waals surface area (Å²) in [4.78, 5) is 13.2. The number of halogens is 2. The van der Waals surface area contributed by atoms with Gasteiger partial charge in [-0.3, -0.25) is 4.79 Å². The van der Waals surface area contributed by atoms with Gasteiger partial charge in [0.1, 0.15) is 5.82 Å². The van der Waals surface area contributed by atoms with E-state index in [2.05, 4.69) is 17.2 Å². The first-order chi connectivity index (χ1) is 9.58. The van der Waals surface area contributed by atoms with Gasteiger partial charge in [-0.15, -0.1) is 11.3 Å². The number of nitrogens with two attached hydrogens (primary N) is 1. The number of benzene rings is 1. The fourth-order valence-electron chi connectivity index (χ4n) is 1.48. The highest BCUT2D eigenvalue weighted by Gasteiger charge is 2.10. The highest BCUT2D eigenvalue weighted by atomic mass is 35.5. The van der Waals surface area contributed by atoms with Crippen molar-refractivity contribution in [3.05, 3.63) is 50.9 Å². The Morgan fingerprint density at radius 2 is 2.20 bits per heavy atom. The number of thiophene rings is 1. The zero-order valence-electron chi connectivity index (χ0n) is 10.2. The number of hydrogen-bond donors (Lipinski definition) is 2. The number of carbonyl (C=O) groups excluding carboxylic acids is 1. The van der Waals surface area contributed by atoms with Crippen LogP contribution in [0.25, 0.3) is 0 Å². The van der Waals surface area contributed by atoms with Gasteiger partial charge < -0.3 is 11.1 Å². The fraction of sp³-hybridized carbons (Fsp3) is 0.0714. The molecular formula is C14H10ClFN2OS. The molecule has 1 heterocycles. The molecule has 0 aliphatic rings. The largest absolute Gasteiger partial charge is 0.321 e. The van der Waals surface area contributed by atoms with Crippen LogP contribution < -0.4 is 11.1 Å². The molecule has 0 saturated carbocycles. The third-order valence-corrected chi connectivity index (χ3v) is 3.48. The molecule has 0 unspecified atom stereocenters. The van der Waals surface area contributed by atoms with Gasteiger partial charge in [0.15, 0.2) is 0 Å². The van der Waals surface area contributed by atoms with E-state index in [1.165, 1.54) is 29.5 Å². The van der Waals surface area contributed by atoms with Gasteiger partial charge in [0, 0.05) is 10.7 Å². The normalized spacial score (nSPS) is 9.75. The monoisotopic (exact) mass is 308 g/mol. The molecule has 0 aliphatic carbocycles. The molecule has 0 spiro atoms. The van der Waals surface area contributed by atoms with Crippen molar-refractivity contribution < 1.29 is 9.18 Å². The maximum Gasteiger partial charge on any atom is 0.265 e. The zero-order chi connectivity index (χ0) is 14.5. The van der Waals surface area contributed by atoms with Crippen LogP contribution in [-0.4, -0.2) is 12.5 Å². The zero-order valence-corrected chi connectivity index (χ0v) is 11.8. The number of hydrogen-bond acceptors (Lipinski definition) is 3. The molecule has 1 aromatic carbocycles. The molecule has 2 rings (SSSR count). The van der Waals surface area contributed by atoms with Gasteiger partial charge in [0.2, 0.25) is 0 Å². The number of nitrogens with one attached hydrogen (secondary N) is 1. The Morgan fingerprint density at radius 3 is 2.90 bits per heavy atom. The molecular weight excluding hydrogens is 299 g/mol. The van der Waals surface area contributed by atoms with Crippen molar-refractivity contribution in [2.24, 2.45) is 5.73 Å². The molecule has 0 fully saturated rings. The van der Waals surface area contributed by atoms with Crippen LogP contribution in [0.2, 0.25) is 5.02 Å². The van der Waals surface area contributed by atoms with Crippen molar-refractivity contribution in [2.45, 2.75) is 0 Å². The maximum atomic E-state index is 13.2. The summed E-state index contributed by atoms with van der Waals surface area (Å²) in [7, 11) is 0. The second-order valence-electron chi connectivity index (χ2n) is 3.78. The minimum atomic E-state index is -0.506. The van der Waals surface area contributed by atoms with Gasteiger partial charge in [0.25, 0.3) is 5.91 Å². The smallest absolute Gasteiger partial charge is 0.265 e. The number of anilines is 1.